The third kappa shape index (κ3) is 5.08. The minimum atomic E-state index is -3.54. The van der Waals surface area contributed by atoms with Crippen LogP contribution in [0.3, 0.4) is 0 Å². The number of benzene rings is 2. The van der Waals surface area contributed by atoms with Crippen LogP contribution in [0.25, 0.3) is 0 Å². The first-order valence-corrected chi connectivity index (χ1v) is 10.8. The molecule has 0 unspecified atom stereocenters. The molecule has 0 spiro atoms. The van der Waals surface area contributed by atoms with Gasteiger partial charge in [0.1, 0.15) is 0 Å². The summed E-state index contributed by atoms with van der Waals surface area (Å²) in [6.45, 7) is 0.689. The molecule has 0 saturated carbocycles. The van der Waals surface area contributed by atoms with E-state index in [0.717, 1.165) is 12.8 Å². The Morgan fingerprint density at radius 1 is 0.967 bits per heavy atom. The Hall–Kier alpha value is -3.11. The lowest BCUT2D eigenvalue weighted by Gasteiger charge is -2.15. The van der Waals surface area contributed by atoms with Crippen LogP contribution in [-0.2, 0) is 14.8 Å². The SMILES string of the molecule is COc1ccccc1OCC(=O)NNC(=O)c1ccc(S(=O)(=O)N2CCCC2)cc1. The van der Waals surface area contributed by atoms with Gasteiger partial charge in [0.2, 0.25) is 10.0 Å². The van der Waals surface area contributed by atoms with Crippen molar-refractivity contribution in [2.45, 2.75) is 17.7 Å². The van der Waals surface area contributed by atoms with E-state index < -0.39 is 21.8 Å². The fourth-order valence-corrected chi connectivity index (χ4v) is 4.49. The van der Waals surface area contributed by atoms with E-state index in [1.807, 2.05) is 0 Å². The van der Waals surface area contributed by atoms with Gasteiger partial charge in [-0.3, -0.25) is 20.4 Å². The van der Waals surface area contributed by atoms with E-state index in [1.165, 1.54) is 35.7 Å². The van der Waals surface area contributed by atoms with Gasteiger partial charge < -0.3 is 9.47 Å². The Morgan fingerprint density at radius 3 is 2.23 bits per heavy atom. The summed E-state index contributed by atoms with van der Waals surface area (Å²) in [5.41, 5.74) is 4.72. The largest absolute Gasteiger partial charge is 0.493 e. The highest BCUT2D eigenvalue weighted by molar-refractivity contribution is 7.89. The van der Waals surface area contributed by atoms with E-state index in [1.54, 1.807) is 24.3 Å². The molecule has 0 bridgehead atoms. The Morgan fingerprint density at radius 2 is 1.60 bits per heavy atom. The number of hydrazine groups is 1. The Labute approximate surface area is 175 Å². The lowest BCUT2D eigenvalue weighted by atomic mass is 10.2. The summed E-state index contributed by atoms with van der Waals surface area (Å²) >= 11 is 0. The van der Waals surface area contributed by atoms with Crippen molar-refractivity contribution in [3.8, 4) is 11.5 Å². The maximum absolute atomic E-state index is 12.5. The molecule has 1 heterocycles. The number of amides is 2. The molecule has 1 aliphatic heterocycles. The molecule has 10 heteroatoms. The van der Waals surface area contributed by atoms with E-state index in [0.29, 0.717) is 24.6 Å². The maximum Gasteiger partial charge on any atom is 0.276 e. The highest BCUT2D eigenvalue weighted by Gasteiger charge is 2.27. The summed E-state index contributed by atoms with van der Waals surface area (Å²) in [5.74, 6) is -0.261. The molecule has 3 rings (SSSR count). The van der Waals surface area contributed by atoms with E-state index in [-0.39, 0.29) is 17.1 Å². The van der Waals surface area contributed by atoms with Crippen LogP contribution >= 0.6 is 0 Å². The highest BCUT2D eigenvalue weighted by atomic mass is 32.2. The van der Waals surface area contributed by atoms with Crippen molar-refractivity contribution < 1.29 is 27.5 Å². The van der Waals surface area contributed by atoms with Crippen molar-refractivity contribution in [2.75, 3.05) is 26.8 Å². The summed E-state index contributed by atoms with van der Waals surface area (Å²) in [6.07, 6.45) is 1.69. The quantitative estimate of drug-likeness (QED) is 0.637. The van der Waals surface area contributed by atoms with Gasteiger partial charge in [-0.15, -0.1) is 0 Å². The fourth-order valence-electron chi connectivity index (χ4n) is 2.97. The summed E-state index contributed by atoms with van der Waals surface area (Å²) in [6, 6.07) is 12.4. The molecule has 2 aromatic rings. The number of hydrogen-bond donors (Lipinski definition) is 2. The smallest absolute Gasteiger partial charge is 0.276 e. The second kappa shape index (κ2) is 9.59. The van der Waals surface area contributed by atoms with E-state index in [9.17, 15) is 18.0 Å². The van der Waals surface area contributed by atoms with Crippen molar-refractivity contribution >= 4 is 21.8 Å². The van der Waals surface area contributed by atoms with Gasteiger partial charge in [0, 0.05) is 18.7 Å². The van der Waals surface area contributed by atoms with Crippen molar-refractivity contribution in [1.82, 2.24) is 15.2 Å². The zero-order valence-electron chi connectivity index (χ0n) is 16.5. The normalized spacial score (nSPS) is 14.2. The molecule has 0 atom stereocenters. The van der Waals surface area contributed by atoms with Gasteiger partial charge in [0.25, 0.3) is 11.8 Å². The molecular weight excluding hydrogens is 410 g/mol. The minimum absolute atomic E-state index is 0.134. The van der Waals surface area contributed by atoms with Crippen molar-refractivity contribution in [3.05, 3.63) is 54.1 Å². The van der Waals surface area contributed by atoms with Crippen LogP contribution in [0, 0.1) is 0 Å². The zero-order valence-corrected chi connectivity index (χ0v) is 17.3. The van der Waals surface area contributed by atoms with Gasteiger partial charge in [-0.25, -0.2) is 8.42 Å². The number of ether oxygens (including phenoxy) is 2. The van der Waals surface area contributed by atoms with Gasteiger partial charge >= 0.3 is 0 Å². The van der Waals surface area contributed by atoms with Crippen LogP contribution in [0.5, 0.6) is 11.5 Å². The van der Waals surface area contributed by atoms with Gasteiger partial charge in [0.15, 0.2) is 18.1 Å². The van der Waals surface area contributed by atoms with Gasteiger partial charge in [0.05, 0.1) is 12.0 Å². The standard InChI is InChI=1S/C20H23N3O6S/c1-28-17-6-2-3-7-18(17)29-14-19(24)21-22-20(25)15-8-10-16(11-9-15)30(26,27)23-12-4-5-13-23/h2-3,6-11H,4-5,12-14H2,1H3,(H,21,24)(H,22,25). The number of hydrogen-bond acceptors (Lipinski definition) is 6. The van der Waals surface area contributed by atoms with Gasteiger partial charge in [-0.05, 0) is 49.2 Å². The number of carbonyl (C=O) groups excluding carboxylic acids is 2. The topological polar surface area (TPSA) is 114 Å². The Kier molecular flexibility index (Phi) is 6.91. The van der Waals surface area contributed by atoms with E-state index in [2.05, 4.69) is 10.9 Å². The molecule has 0 aliphatic carbocycles. The molecule has 2 amide bonds. The fraction of sp³-hybridized carbons (Fsp3) is 0.300. The molecule has 9 nitrogen and oxygen atoms in total. The molecule has 0 radical (unpaired) electrons. The van der Waals surface area contributed by atoms with Crippen molar-refractivity contribution in [2.24, 2.45) is 0 Å². The molecule has 0 aromatic heterocycles. The van der Waals surface area contributed by atoms with Crippen molar-refractivity contribution in [3.63, 3.8) is 0 Å². The first-order valence-electron chi connectivity index (χ1n) is 9.37. The Balaban J connectivity index is 1.51. The molecule has 1 saturated heterocycles. The first kappa shape index (κ1) is 21.6. The second-order valence-corrected chi connectivity index (χ2v) is 8.52. The van der Waals surface area contributed by atoms with Crippen LogP contribution in [0.2, 0.25) is 0 Å². The predicted octanol–water partition coefficient (Wildman–Crippen LogP) is 1.32. The summed E-state index contributed by atoms with van der Waals surface area (Å²) < 4.78 is 37.0. The van der Waals surface area contributed by atoms with E-state index >= 15 is 0 Å². The van der Waals surface area contributed by atoms with Crippen molar-refractivity contribution in [1.29, 1.82) is 0 Å². The zero-order chi connectivity index (χ0) is 21.6. The number of methoxy groups -OCH3 is 1. The Bertz CT molecular complexity index is 1000. The third-order valence-electron chi connectivity index (χ3n) is 4.56. The number of para-hydroxylation sites is 2. The summed E-state index contributed by atoms with van der Waals surface area (Å²) in [4.78, 5) is 24.2. The van der Waals surface area contributed by atoms with Crippen LogP contribution in [0.15, 0.2) is 53.4 Å². The average Bonchev–Trinajstić information content (AvgIpc) is 3.32. The van der Waals surface area contributed by atoms with Crippen LogP contribution in [-0.4, -0.2) is 51.3 Å². The van der Waals surface area contributed by atoms with Gasteiger partial charge in [-0.1, -0.05) is 12.1 Å². The monoisotopic (exact) mass is 433 g/mol. The number of nitrogens with one attached hydrogen (secondary N) is 2. The van der Waals surface area contributed by atoms with Crippen LogP contribution in [0.4, 0.5) is 0 Å². The molecular formula is C20H23N3O6S. The molecule has 160 valence electrons. The highest BCUT2D eigenvalue weighted by Crippen LogP contribution is 2.25. The lowest BCUT2D eigenvalue weighted by molar-refractivity contribution is -0.123. The number of rotatable bonds is 7. The predicted molar refractivity (Wildman–Crippen MR) is 109 cm³/mol. The molecule has 1 fully saturated rings. The summed E-state index contributed by atoms with van der Waals surface area (Å²) in [5, 5.41) is 0. The molecule has 1 aliphatic rings. The molecule has 2 aromatic carbocycles. The molecule has 30 heavy (non-hydrogen) atoms. The third-order valence-corrected chi connectivity index (χ3v) is 6.48. The number of carbonyl (C=O) groups is 2. The average molecular weight is 433 g/mol. The summed E-state index contributed by atoms with van der Waals surface area (Å²) in [7, 11) is -2.05. The maximum atomic E-state index is 12.5. The minimum Gasteiger partial charge on any atom is -0.493 e. The first-order chi connectivity index (χ1) is 14.4. The van der Waals surface area contributed by atoms with Gasteiger partial charge in [-0.2, -0.15) is 4.31 Å². The lowest BCUT2D eigenvalue weighted by Crippen LogP contribution is -2.43. The number of nitrogens with zero attached hydrogens (tertiary/aromatic N) is 1. The van der Waals surface area contributed by atoms with E-state index in [4.69, 9.17) is 9.47 Å². The van der Waals surface area contributed by atoms with Crippen LogP contribution in [0.1, 0.15) is 23.2 Å². The molecule has 2 N–H and O–H groups in total. The van der Waals surface area contributed by atoms with Crippen LogP contribution < -0.4 is 20.3 Å². The second-order valence-electron chi connectivity index (χ2n) is 6.58. The number of sulfonamides is 1.